The van der Waals surface area contributed by atoms with Crippen molar-refractivity contribution >= 4 is 34.6 Å². The van der Waals surface area contributed by atoms with Gasteiger partial charge in [0.15, 0.2) is 0 Å². The van der Waals surface area contributed by atoms with Crippen molar-refractivity contribution in [2.24, 2.45) is 10.4 Å². The van der Waals surface area contributed by atoms with E-state index in [9.17, 15) is 0 Å². The zero-order valence-electron chi connectivity index (χ0n) is 22.5. The summed E-state index contributed by atoms with van der Waals surface area (Å²) in [5, 5.41) is 1.45. The van der Waals surface area contributed by atoms with Crippen LogP contribution in [0.3, 0.4) is 0 Å². The van der Waals surface area contributed by atoms with Crippen LogP contribution in [0.4, 0.5) is 5.69 Å². The number of fused-ring (bicyclic) bond motifs is 1. The van der Waals surface area contributed by atoms with Crippen LogP contribution in [-0.2, 0) is 24.1 Å². The predicted molar refractivity (Wildman–Crippen MR) is 152 cm³/mol. The highest BCUT2D eigenvalue weighted by Gasteiger charge is 2.24. The number of aliphatic imine (C=N–C) groups is 1. The third-order valence-electron chi connectivity index (χ3n) is 7.25. The summed E-state index contributed by atoms with van der Waals surface area (Å²) in [5.74, 6) is 2.45. The van der Waals surface area contributed by atoms with E-state index in [1.165, 1.54) is 51.3 Å². The quantitative estimate of drug-likeness (QED) is 0.330. The Bertz CT molecular complexity index is 998. The molecule has 1 aliphatic rings. The van der Waals surface area contributed by atoms with Crippen molar-refractivity contribution in [2.45, 2.75) is 73.5 Å². The summed E-state index contributed by atoms with van der Waals surface area (Å²) >= 11 is 2.07. The van der Waals surface area contributed by atoms with E-state index in [-0.39, 0.29) is 11.5 Å². The molecule has 3 rings (SSSR count). The highest BCUT2D eigenvalue weighted by atomic mass is 32.2. The van der Waals surface area contributed by atoms with Crippen molar-refractivity contribution in [1.82, 2.24) is 4.57 Å². The number of allylic oxidation sites excluding steroid dienone is 2. The van der Waals surface area contributed by atoms with E-state index in [0.717, 1.165) is 32.5 Å². The molecule has 1 saturated heterocycles. The molecule has 0 bridgehead atoms. The van der Waals surface area contributed by atoms with Crippen molar-refractivity contribution in [2.75, 3.05) is 43.1 Å². The molecule has 0 N–H and O–H groups in total. The summed E-state index contributed by atoms with van der Waals surface area (Å²) in [6.07, 6.45) is 7.71. The number of hydrogen-bond donors (Lipinski definition) is 0. The maximum Gasteiger partial charge on any atom is 0.0738 e. The molecule has 1 aliphatic heterocycles. The smallest absolute Gasteiger partial charge is 0.0738 e. The van der Waals surface area contributed by atoms with Crippen LogP contribution in [0.15, 0.2) is 34.8 Å². The zero-order valence-corrected chi connectivity index (χ0v) is 23.3. The van der Waals surface area contributed by atoms with Crippen molar-refractivity contribution in [3.63, 3.8) is 0 Å². The van der Waals surface area contributed by atoms with Gasteiger partial charge in [0.2, 0.25) is 0 Å². The Labute approximate surface area is 211 Å². The van der Waals surface area contributed by atoms with E-state index in [4.69, 9.17) is 4.74 Å². The van der Waals surface area contributed by atoms with Crippen LogP contribution in [0, 0.1) is 5.41 Å². The molecule has 34 heavy (non-hydrogen) atoms. The summed E-state index contributed by atoms with van der Waals surface area (Å²) in [7, 11) is 1.74. The second kappa shape index (κ2) is 12.3. The second-order valence-corrected chi connectivity index (χ2v) is 11.6. The number of hydrogen-bond acceptors (Lipinski definition) is 4. The van der Waals surface area contributed by atoms with Gasteiger partial charge in [-0.15, -0.1) is 0 Å². The molecule has 0 aliphatic carbocycles. The third-order valence-corrected chi connectivity index (χ3v) is 8.19. The van der Waals surface area contributed by atoms with Crippen LogP contribution < -0.4 is 4.90 Å². The zero-order chi connectivity index (χ0) is 24.7. The fourth-order valence-electron chi connectivity index (χ4n) is 4.61. The normalized spacial score (nSPS) is 16.7. The molecule has 0 radical (unpaired) electrons. The van der Waals surface area contributed by atoms with Gasteiger partial charge in [-0.05, 0) is 61.9 Å². The molecule has 0 saturated carbocycles. The fraction of sp³-hybridized carbons (Fsp3) is 0.621. The number of nitrogens with zero attached hydrogens (tertiary/aromatic N) is 3. The van der Waals surface area contributed by atoms with Crippen molar-refractivity contribution < 1.29 is 4.74 Å². The number of aryl methyl sites for hydroxylation is 1. The van der Waals surface area contributed by atoms with Gasteiger partial charge in [-0.25, -0.2) is 0 Å². The molecule has 2 heterocycles. The van der Waals surface area contributed by atoms with Gasteiger partial charge in [0.25, 0.3) is 0 Å². The van der Waals surface area contributed by atoms with Crippen molar-refractivity contribution in [3.05, 3.63) is 41.1 Å². The van der Waals surface area contributed by atoms with Gasteiger partial charge >= 0.3 is 0 Å². The van der Waals surface area contributed by atoms with Gasteiger partial charge in [0.05, 0.1) is 12.6 Å². The lowest BCUT2D eigenvalue weighted by Gasteiger charge is -2.28. The Kier molecular flexibility index (Phi) is 9.73. The van der Waals surface area contributed by atoms with Gasteiger partial charge in [-0.2, -0.15) is 11.8 Å². The van der Waals surface area contributed by atoms with Gasteiger partial charge in [-0.3, -0.25) is 4.99 Å². The predicted octanol–water partition coefficient (Wildman–Crippen LogP) is 6.79. The Morgan fingerprint density at radius 3 is 2.62 bits per heavy atom. The summed E-state index contributed by atoms with van der Waals surface area (Å²) in [4.78, 5) is 7.13. The molecule has 1 aromatic carbocycles. The summed E-state index contributed by atoms with van der Waals surface area (Å²) in [6.45, 7) is 17.6. The van der Waals surface area contributed by atoms with E-state index in [1.54, 1.807) is 7.11 Å². The number of anilines is 1. The Morgan fingerprint density at radius 2 is 1.97 bits per heavy atom. The average Bonchev–Trinajstić information content (AvgIpc) is 3.14. The number of aromatic nitrogens is 1. The third kappa shape index (κ3) is 6.69. The van der Waals surface area contributed by atoms with Gasteiger partial charge < -0.3 is 14.2 Å². The van der Waals surface area contributed by atoms with Crippen LogP contribution in [0.5, 0.6) is 0 Å². The lowest BCUT2D eigenvalue weighted by molar-refractivity contribution is 0.126. The van der Waals surface area contributed by atoms with Crippen LogP contribution >= 0.6 is 11.8 Å². The highest BCUT2D eigenvalue weighted by molar-refractivity contribution is 7.99. The lowest BCUT2D eigenvalue weighted by Crippen LogP contribution is -2.32. The molecule has 1 fully saturated rings. The summed E-state index contributed by atoms with van der Waals surface area (Å²) < 4.78 is 7.85. The van der Waals surface area contributed by atoms with Crippen molar-refractivity contribution in [1.29, 1.82) is 0 Å². The average molecular weight is 484 g/mol. The topological polar surface area (TPSA) is 29.8 Å². The Balaban J connectivity index is 2.01. The summed E-state index contributed by atoms with van der Waals surface area (Å²) in [5.41, 5.74) is 7.24. The molecular weight excluding hydrogens is 438 g/mol. The molecule has 1 unspecified atom stereocenters. The highest BCUT2D eigenvalue weighted by Crippen LogP contribution is 2.36. The first-order valence-corrected chi connectivity index (χ1v) is 14.1. The molecule has 0 amide bonds. The first-order valence-electron chi connectivity index (χ1n) is 13.0. The number of ether oxygens (including phenoxy) is 1. The molecule has 0 spiro atoms. The maximum atomic E-state index is 5.31. The van der Waals surface area contributed by atoms with E-state index in [1.807, 2.05) is 6.21 Å². The number of methoxy groups -OCH3 is 1. The molecular formula is C29H45N3OS. The van der Waals surface area contributed by atoms with E-state index in [2.05, 4.69) is 92.0 Å². The Morgan fingerprint density at radius 1 is 1.24 bits per heavy atom. The maximum absolute atomic E-state index is 5.31. The molecule has 4 nitrogen and oxygen atoms in total. The molecule has 1 atom stereocenters. The van der Waals surface area contributed by atoms with Gasteiger partial charge in [0.1, 0.15) is 0 Å². The van der Waals surface area contributed by atoms with Crippen molar-refractivity contribution in [3.8, 4) is 0 Å². The van der Waals surface area contributed by atoms with Crippen LogP contribution in [0.2, 0.25) is 0 Å². The number of benzene rings is 1. The monoisotopic (exact) mass is 483 g/mol. The first-order chi connectivity index (χ1) is 16.3. The Hall–Kier alpha value is -1.72. The van der Waals surface area contributed by atoms with E-state index < -0.39 is 0 Å². The minimum absolute atomic E-state index is 0.155. The SMILES string of the molecule is CCn1c(C/C=C(/C)C=NCC(C)OC)c(CC(C)(C)CC)c2cc(N3CCSCC3)ccc21. The summed E-state index contributed by atoms with van der Waals surface area (Å²) in [6, 6.07) is 7.19. The fourth-order valence-corrected chi connectivity index (χ4v) is 5.51. The minimum atomic E-state index is 0.155. The lowest BCUT2D eigenvalue weighted by atomic mass is 9.82. The molecule has 1 aromatic heterocycles. The largest absolute Gasteiger partial charge is 0.380 e. The number of rotatable bonds is 11. The standard InChI is InChI=1S/C29H45N3OS/c1-8-29(5,6)19-26-25-18-24(31-14-16-34-17-15-31)11-13-27(25)32(9-2)28(26)12-10-22(3)20-30-21-23(4)33-7/h10-11,13,18,20,23H,8-9,12,14-17,19,21H2,1-7H3/b22-10-,30-20?. The van der Waals surface area contributed by atoms with Crippen LogP contribution in [0.25, 0.3) is 10.9 Å². The van der Waals surface area contributed by atoms with Gasteiger partial charge in [-0.1, -0.05) is 33.3 Å². The van der Waals surface area contributed by atoms with E-state index >= 15 is 0 Å². The molecule has 188 valence electrons. The first kappa shape index (κ1) is 26.9. The minimum Gasteiger partial charge on any atom is -0.380 e. The van der Waals surface area contributed by atoms with Gasteiger partial charge in [0, 0.05) is 73.2 Å². The van der Waals surface area contributed by atoms with Crippen LogP contribution in [-0.4, -0.2) is 55.1 Å². The second-order valence-electron chi connectivity index (χ2n) is 10.4. The number of thioether (sulfide) groups is 1. The van der Waals surface area contributed by atoms with E-state index in [0.29, 0.717) is 6.54 Å². The molecule has 5 heteroatoms. The van der Waals surface area contributed by atoms with Crippen LogP contribution in [0.1, 0.15) is 59.2 Å². The molecule has 2 aromatic rings.